The molecule has 0 fully saturated rings. The van der Waals surface area contributed by atoms with Gasteiger partial charge in [0.1, 0.15) is 0 Å². The predicted molar refractivity (Wildman–Crippen MR) is 643 cm³/mol. The van der Waals surface area contributed by atoms with Crippen LogP contribution in [-0.4, -0.2) is 24.7 Å². The van der Waals surface area contributed by atoms with Gasteiger partial charge in [0.25, 0.3) is 20.1 Å². The van der Waals surface area contributed by atoms with Gasteiger partial charge in [-0.15, -0.1) is 0 Å². The highest BCUT2D eigenvalue weighted by Gasteiger charge is 2.49. The first-order chi connectivity index (χ1) is 71.8. The minimum Gasteiger partial charge on any atom is -0.311 e. The Labute approximate surface area is 882 Å². The molecule has 0 radical (unpaired) electrons. The van der Waals surface area contributed by atoms with Gasteiger partial charge >= 0.3 is 0 Å². The largest absolute Gasteiger partial charge is 0.311 e. The predicted octanol–water partition coefficient (Wildman–Crippen LogP) is 31.7. The molecule has 0 amide bonds. The lowest BCUT2D eigenvalue weighted by molar-refractivity contribution is 0.590. The highest BCUT2D eigenvalue weighted by Crippen LogP contribution is 2.53. The lowest BCUT2D eigenvalue weighted by Gasteiger charge is -2.45. The maximum Gasteiger partial charge on any atom is 0.252 e. The summed E-state index contributed by atoms with van der Waals surface area (Å²) in [5.74, 6) is 0. The Morgan fingerprint density at radius 1 is 0.174 bits per heavy atom. The van der Waals surface area contributed by atoms with Gasteiger partial charge in [-0.05, 0) is 309 Å². The van der Waals surface area contributed by atoms with Crippen molar-refractivity contribution in [2.24, 2.45) is 0 Å². The SMILES string of the molecule is CC(C)(C)c1ccc(N2c3ccc(C(C)(C)C)cc3B3c4cc(C(C)(C)C)ccc4N(c4ccc(C(C)(C)C)cc4)c4cccc2c43)cc1.CC(C)(C)c1ccc(N2c3ccc(C(C)(C)C)cc3B3c4ccccc4N(c4ccccc4)c4cccc2c43)cc1.c1ccc(N2c3ccccc3B3c4cc5c6c(N(c7ccccc7)c7ccccc7)cccc6n(-c6ccccc6)c5cc4N(c4ccccc4)c4cccc2c43)cc1. The molecule has 149 heavy (non-hydrogen) atoms. The molecular weight excluding hydrogens is 1800 g/mol. The molecule has 19 aromatic carbocycles. The Morgan fingerprint density at radius 3 is 0.732 bits per heavy atom. The third-order valence-corrected chi connectivity index (χ3v) is 31.6. The number of hydrogen-bond donors (Lipinski definition) is 0. The molecule has 8 nitrogen and oxygen atoms in total. The van der Waals surface area contributed by atoms with Crippen LogP contribution in [0.15, 0.2) is 443 Å². The van der Waals surface area contributed by atoms with E-state index >= 15 is 0 Å². The number of nitrogens with zero attached hydrogens (tertiary/aromatic N) is 8. The van der Waals surface area contributed by atoms with Crippen molar-refractivity contribution in [1.29, 1.82) is 0 Å². The molecule has 1 aromatic heterocycles. The Morgan fingerprint density at radius 2 is 0.416 bits per heavy atom. The van der Waals surface area contributed by atoms with Crippen LogP contribution in [0.25, 0.3) is 27.5 Å². The van der Waals surface area contributed by atoms with Crippen LogP contribution in [-0.2, 0) is 32.5 Å². The Balaban J connectivity index is 0.000000121. The second-order valence-electron chi connectivity index (χ2n) is 47.3. The molecule has 20 aromatic rings. The molecule has 11 heteroatoms. The number of anilines is 21. The molecule has 728 valence electrons. The third-order valence-electron chi connectivity index (χ3n) is 31.6. The minimum atomic E-state index is -0.00152. The van der Waals surface area contributed by atoms with E-state index in [4.69, 9.17) is 0 Å². The first kappa shape index (κ1) is 95.0. The maximum absolute atomic E-state index is 2.53. The van der Waals surface area contributed by atoms with Crippen molar-refractivity contribution in [1.82, 2.24) is 4.57 Å². The Bertz CT molecular complexity index is 8340. The first-order valence-corrected chi connectivity index (χ1v) is 53.1. The fourth-order valence-corrected chi connectivity index (χ4v) is 24.0. The molecule has 0 unspecified atom stereocenters. The van der Waals surface area contributed by atoms with Crippen LogP contribution in [0.2, 0.25) is 0 Å². The van der Waals surface area contributed by atoms with Crippen LogP contribution >= 0.6 is 0 Å². The Hall–Kier alpha value is -16.2. The van der Waals surface area contributed by atoms with Crippen molar-refractivity contribution in [2.75, 3.05) is 34.3 Å². The van der Waals surface area contributed by atoms with Gasteiger partial charge in [-0.3, -0.25) is 0 Å². The maximum atomic E-state index is 2.53. The summed E-state index contributed by atoms with van der Waals surface area (Å²) in [7, 11) is 0. The van der Waals surface area contributed by atoms with Gasteiger partial charge < -0.3 is 38.9 Å². The van der Waals surface area contributed by atoms with E-state index in [1.807, 2.05) is 0 Å². The van der Waals surface area contributed by atoms with Crippen molar-refractivity contribution < 1.29 is 0 Å². The minimum absolute atomic E-state index is 0.00152. The van der Waals surface area contributed by atoms with E-state index in [0.29, 0.717) is 0 Å². The van der Waals surface area contributed by atoms with Crippen LogP contribution in [0, 0.1) is 0 Å². The topological polar surface area (TPSA) is 27.6 Å². The van der Waals surface area contributed by atoms with Crippen LogP contribution in [0.5, 0.6) is 0 Å². The van der Waals surface area contributed by atoms with Crippen molar-refractivity contribution in [3.05, 3.63) is 476 Å². The van der Waals surface area contributed by atoms with Crippen molar-refractivity contribution in [2.45, 2.75) is 157 Å². The van der Waals surface area contributed by atoms with Crippen molar-refractivity contribution in [3.63, 3.8) is 0 Å². The van der Waals surface area contributed by atoms with E-state index in [9.17, 15) is 0 Å². The van der Waals surface area contributed by atoms with E-state index in [1.165, 1.54) is 184 Å². The highest BCUT2D eigenvalue weighted by molar-refractivity contribution is 7.02. The molecular formula is C138H127B3N8. The van der Waals surface area contributed by atoms with Gasteiger partial charge in [0.2, 0.25) is 0 Å². The molecule has 0 atom stereocenters. The summed E-state index contributed by atoms with van der Waals surface area (Å²) in [6.07, 6.45) is 0. The fraction of sp³-hybridized carbons (Fsp3) is 0.174. The molecule has 7 heterocycles. The summed E-state index contributed by atoms with van der Waals surface area (Å²) in [6.45, 7) is 41.7. The normalized spacial score (nSPS) is 13.6. The van der Waals surface area contributed by atoms with Crippen LogP contribution in [0.4, 0.5) is 119 Å². The average Bonchev–Trinajstić information content (AvgIpc) is 1.68. The molecule has 6 aliphatic heterocycles. The quantitative estimate of drug-likeness (QED) is 0.126. The molecule has 0 aliphatic carbocycles. The number of fused-ring (bicyclic) bond motifs is 15. The number of hydrogen-bond acceptors (Lipinski definition) is 7. The van der Waals surface area contributed by atoms with Gasteiger partial charge in [-0.2, -0.15) is 0 Å². The third kappa shape index (κ3) is 16.5. The van der Waals surface area contributed by atoms with E-state index in [-0.39, 0.29) is 52.6 Å². The zero-order chi connectivity index (χ0) is 103. The van der Waals surface area contributed by atoms with E-state index < -0.39 is 0 Å². The zero-order valence-electron chi connectivity index (χ0n) is 89.0. The van der Waals surface area contributed by atoms with E-state index in [1.54, 1.807) is 0 Å². The summed E-state index contributed by atoms with van der Waals surface area (Å²) in [5.41, 5.74) is 49.4. The average molecular weight is 1930 g/mol. The van der Waals surface area contributed by atoms with Crippen molar-refractivity contribution >= 4 is 211 Å². The molecule has 0 spiro atoms. The lowest BCUT2D eigenvalue weighted by atomic mass is 9.33. The summed E-state index contributed by atoms with van der Waals surface area (Å²) in [4.78, 5) is 17.3. The zero-order valence-corrected chi connectivity index (χ0v) is 89.0. The number of benzene rings is 19. The fourth-order valence-electron chi connectivity index (χ4n) is 24.0. The van der Waals surface area contributed by atoms with Crippen LogP contribution < -0.4 is 83.5 Å². The lowest BCUT2D eigenvalue weighted by Crippen LogP contribution is -2.61. The monoisotopic (exact) mass is 1930 g/mol. The molecule has 0 bridgehead atoms. The van der Waals surface area contributed by atoms with Gasteiger partial charge in [-0.25, -0.2) is 0 Å². The molecule has 0 N–H and O–H groups in total. The summed E-state index contributed by atoms with van der Waals surface area (Å²) in [6, 6.07) is 165. The van der Waals surface area contributed by atoms with Crippen molar-refractivity contribution in [3.8, 4) is 5.69 Å². The molecule has 0 saturated carbocycles. The second kappa shape index (κ2) is 36.4. The second-order valence-corrected chi connectivity index (χ2v) is 47.3. The van der Waals surface area contributed by atoms with E-state index in [0.717, 1.165) is 45.2 Å². The summed E-state index contributed by atoms with van der Waals surface area (Å²) < 4.78 is 2.46. The molecule has 6 aliphatic rings. The van der Waals surface area contributed by atoms with Gasteiger partial charge in [0.15, 0.2) is 0 Å². The van der Waals surface area contributed by atoms with Gasteiger partial charge in [0, 0.05) is 130 Å². The van der Waals surface area contributed by atoms with Crippen LogP contribution in [0.1, 0.15) is 158 Å². The smallest absolute Gasteiger partial charge is 0.252 e. The summed E-state index contributed by atoms with van der Waals surface area (Å²) >= 11 is 0. The number of para-hydroxylation sites is 8. The van der Waals surface area contributed by atoms with E-state index in [2.05, 4.69) is 606 Å². The highest BCUT2D eigenvalue weighted by atomic mass is 15.2. The number of aromatic nitrogens is 1. The molecule has 26 rings (SSSR count). The molecule has 0 saturated heterocycles. The first-order valence-electron chi connectivity index (χ1n) is 53.1. The van der Waals surface area contributed by atoms with Crippen LogP contribution in [0.3, 0.4) is 0 Å². The Kier molecular flexibility index (Phi) is 23.2. The van der Waals surface area contributed by atoms with Gasteiger partial charge in [-0.1, -0.05) is 373 Å². The standard InChI is InChI=1S/C54H37BN4.C46H53BN2.C38H37BN2/c1-6-20-38(21-7-1)56(39-22-8-2-9-23-39)47-32-18-33-48-53(47)43-36-45-52(37-51(43)58(48)41-26-12-4-13-27-41)59(42-28-14-5-15-29-42)50-35-19-34-49-54(50)55(45)44-30-16-17-31-46(44)57(49)40-24-10-3-11-25-40;1-43(2,3)30-16-22-34(23-17-30)48-38-26-20-32(45(7,8)9)28-36(38)47-37-29-33(46(10,11)12)21-27-39(37)49(41-15-13-14-40(48)42(41)47)35-24-18-31(19-25-35)44(4,5)6;1-37(2,3)26-19-22-29(23-20-26)41-33-24-21-27(38(4,5)6)25-31(33)39-30-15-10-11-16-32(30)40(28-13-8-7-9-14-28)34-17-12-18-35(41)36(34)39/h1-37H;13-29H,1-12H3;7-25H,1-6H3. The summed E-state index contributed by atoms with van der Waals surface area (Å²) in [5, 5.41) is 2.43. The number of rotatable bonds is 10. The van der Waals surface area contributed by atoms with Gasteiger partial charge in [0.05, 0.1) is 16.7 Å².